The Morgan fingerprint density at radius 2 is 1.83 bits per heavy atom. The summed E-state index contributed by atoms with van der Waals surface area (Å²) in [6.07, 6.45) is 3.07. The normalized spacial score (nSPS) is 12.2. The highest BCUT2D eigenvalue weighted by Crippen LogP contribution is 2.28. The predicted molar refractivity (Wildman–Crippen MR) is 97.3 cm³/mol. The number of hydrogen-bond acceptors (Lipinski definition) is 4. The minimum atomic E-state index is -0.0549. The van der Waals surface area contributed by atoms with Crippen molar-refractivity contribution in [2.75, 3.05) is 20.0 Å². The van der Waals surface area contributed by atoms with Crippen molar-refractivity contribution in [2.24, 2.45) is 0 Å². The van der Waals surface area contributed by atoms with Crippen LogP contribution in [0.3, 0.4) is 0 Å². The second-order valence-corrected chi connectivity index (χ2v) is 6.25. The Kier molecular flexibility index (Phi) is 6.96. The van der Waals surface area contributed by atoms with Crippen LogP contribution in [-0.2, 0) is 13.0 Å². The second kappa shape index (κ2) is 8.96. The van der Waals surface area contributed by atoms with Gasteiger partial charge in [0.15, 0.2) is 0 Å². The van der Waals surface area contributed by atoms with Gasteiger partial charge in [0.05, 0.1) is 19.8 Å². The first-order valence-electron chi connectivity index (χ1n) is 7.85. The molecule has 0 amide bonds. The summed E-state index contributed by atoms with van der Waals surface area (Å²) in [6, 6.07) is 14.6. The molecule has 0 aliphatic heterocycles. The third-order valence-electron chi connectivity index (χ3n) is 3.97. The Bertz CT molecular complexity index is 613. The van der Waals surface area contributed by atoms with E-state index < -0.39 is 0 Å². The van der Waals surface area contributed by atoms with E-state index in [0.29, 0.717) is 6.54 Å². The number of thioether (sulfide) groups is 1. The summed E-state index contributed by atoms with van der Waals surface area (Å²) < 4.78 is 5.35. The van der Waals surface area contributed by atoms with E-state index in [0.717, 1.165) is 22.6 Å². The third kappa shape index (κ3) is 4.74. The highest BCUT2D eigenvalue weighted by molar-refractivity contribution is 7.98. The minimum Gasteiger partial charge on any atom is -0.496 e. The van der Waals surface area contributed by atoms with E-state index in [9.17, 15) is 5.11 Å². The van der Waals surface area contributed by atoms with Gasteiger partial charge in [0.1, 0.15) is 5.75 Å². The molecule has 124 valence electrons. The molecule has 0 bridgehead atoms. The number of nitrogens with one attached hydrogen (secondary N) is 1. The Hall–Kier alpha value is -1.49. The number of rotatable bonds is 8. The smallest absolute Gasteiger partial charge is 0.132 e. The first kappa shape index (κ1) is 17.9. The summed E-state index contributed by atoms with van der Waals surface area (Å²) in [4.78, 5) is 1.12. The molecule has 0 radical (unpaired) electrons. The zero-order valence-corrected chi connectivity index (χ0v) is 14.8. The SMILES string of the molecule is CCc1ccc(C(CO)NCc2ccc(OC)c(SC)c2)cc1. The molecule has 23 heavy (non-hydrogen) atoms. The first-order valence-corrected chi connectivity index (χ1v) is 9.08. The average Bonchev–Trinajstić information content (AvgIpc) is 2.62. The average molecular weight is 331 g/mol. The molecule has 0 heterocycles. The maximum absolute atomic E-state index is 9.68. The lowest BCUT2D eigenvalue weighted by Crippen LogP contribution is -2.24. The zero-order valence-electron chi connectivity index (χ0n) is 14.0. The number of aryl methyl sites for hydroxylation is 1. The van der Waals surface area contributed by atoms with Crippen LogP contribution in [0, 0.1) is 0 Å². The summed E-state index contributed by atoms with van der Waals surface area (Å²) in [5.41, 5.74) is 3.60. The lowest BCUT2D eigenvalue weighted by Gasteiger charge is -2.18. The van der Waals surface area contributed by atoms with Gasteiger partial charge >= 0.3 is 0 Å². The van der Waals surface area contributed by atoms with Gasteiger partial charge in [-0.3, -0.25) is 0 Å². The minimum absolute atomic E-state index is 0.0549. The van der Waals surface area contributed by atoms with E-state index in [2.05, 4.69) is 48.6 Å². The van der Waals surface area contributed by atoms with Gasteiger partial charge < -0.3 is 15.2 Å². The van der Waals surface area contributed by atoms with Crippen molar-refractivity contribution in [2.45, 2.75) is 30.8 Å². The fraction of sp³-hybridized carbons (Fsp3) is 0.368. The molecule has 1 atom stereocenters. The van der Waals surface area contributed by atoms with Crippen molar-refractivity contribution in [1.29, 1.82) is 0 Å². The topological polar surface area (TPSA) is 41.5 Å². The van der Waals surface area contributed by atoms with Gasteiger partial charge in [0.2, 0.25) is 0 Å². The number of methoxy groups -OCH3 is 1. The number of hydrogen-bond donors (Lipinski definition) is 2. The second-order valence-electron chi connectivity index (χ2n) is 5.40. The van der Waals surface area contributed by atoms with Gasteiger partial charge in [-0.25, -0.2) is 0 Å². The van der Waals surface area contributed by atoms with Gasteiger partial charge in [-0.2, -0.15) is 0 Å². The summed E-state index contributed by atoms with van der Waals surface area (Å²) in [5.74, 6) is 0.898. The largest absolute Gasteiger partial charge is 0.496 e. The molecule has 2 rings (SSSR count). The van der Waals surface area contributed by atoms with E-state index in [4.69, 9.17) is 4.74 Å². The van der Waals surface area contributed by atoms with E-state index >= 15 is 0 Å². The predicted octanol–water partition coefficient (Wildman–Crippen LogP) is 3.80. The van der Waals surface area contributed by atoms with Gasteiger partial charge in [-0.1, -0.05) is 37.3 Å². The Labute approximate surface area is 143 Å². The highest BCUT2D eigenvalue weighted by atomic mass is 32.2. The summed E-state index contributed by atoms with van der Waals surface area (Å²) in [6.45, 7) is 2.93. The molecule has 0 saturated heterocycles. The fourth-order valence-electron chi connectivity index (χ4n) is 2.51. The van der Waals surface area contributed by atoms with Crippen LogP contribution in [0.15, 0.2) is 47.4 Å². The van der Waals surface area contributed by atoms with Crippen molar-refractivity contribution < 1.29 is 9.84 Å². The van der Waals surface area contributed by atoms with Crippen LogP contribution < -0.4 is 10.1 Å². The van der Waals surface area contributed by atoms with Crippen molar-refractivity contribution in [3.05, 3.63) is 59.2 Å². The first-order chi connectivity index (χ1) is 11.2. The van der Waals surface area contributed by atoms with E-state index in [1.165, 1.54) is 11.1 Å². The Balaban J connectivity index is 2.04. The van der Waals surface area contributed by atoms with Crippen LogP contribution in [0.1, 0.15) is 29.7 Å². The van der Waals surface area contributed by atoms with Crippen LogP contribution >= 0.6 is 11.8 Å². The maximum atomic E-state index is 9.68. The van der Waals surface area contributed by atoms with Crippen molar-refractivity contribution in [3.8, 4) is 5.75 Å². The van der Waals surface area contributed by atoms with Crippen molar-refractivity contribution in [1.82, 2.24) is 5.32 Å². The number of benzene rings is 2. The molecule has 2 aromatic carbocycles. The lowest BCUT2D eigenvalue weighted by molar-refractivity contribution is 0.243. The molecule has 0 fully saturated rings. The molecule has 0 aliphatic carbocycles. The molecule has 2 N–H and O–H groups in total. The van der Waals surface area contributed by atoms with Gasteiger partial charge in [0.25, 0.3) is 0 Å². The molecule has 0 aliphatic rings. The fourth-order valence-corrected chi connectivity index (χ4v) is 3.13. The third-order valence-corrected chi connectivity index (χ3v) is 4.73. The van der Waals surface area contributed by atoms with Gasteiger partial charge in [-0.15, -0.1) is 11.8 Å². The molecule has 3 nitrogen and oxygen atoms in total. The number of ether oxygens (including phenoxy) is 1. The van der Waals surface area contributed by atoms with Crippen molar-refractivity contribution >= 4 is 11.8 Å². The van der Waals surface area contributed by atoms with Crippen LogP contribution in [0.5, 0.6) is 5.75 Å². The van der Waals surface area contributed by atoms with Crippen LogP contribution in [-0.4, -0.2) is 25.1 Å². The van der Waals surface area contributed by atoms with Gasteiger partial charge in [-0.05, 0) is 41.5 Å². The van der Waals surface area contributed by atoms with Crippen LogP contribution in [0.4, 0.5) is 0 Å². The standard InChI is InChI=1S/C19H25NO2S/c1-4-14-5-8-16(9-6-14)17(13-21)20-12-15-7-10-18(22-2)19(11-15)23-3/h5-11,17,20-21H,4,12-13H2,1-3H3. The molecule has 0 saturated carbocycles. The molecule has 0 aromatic heterocycles. The molecular weight excluding hydrogens is 306 g/mol. The summed E-state index contributed by atoms with van der Waals surface area (Å²) in [7, 11) is 1.69. The molecule has 4 heteroatoms. The zero-order chi connectivity index (χ0) is 16.7. The number of aliphatic hydroxyl groups is 1. The monoisotopic (exact) mass is 331 g/mol. The van der Waals surface area contributed by atoms with Crippen LogP contribution in [0.2, 0.25) is 0 Å². The van der Waals surface area contributed by atoms with E-state index in [-0.39, 0.29) is 12.6 Å². The molecular formula is C19H25NO2S. The quantitative estimate of drug-likeness (QED) is 0.722. The van der Waals surface area contributed by atoms with Gasteiger partial charge in [0, 0.05) is 11.4 Å². The maximum Gasteiger partial charge on any atom is 0.132 e. The number of aliphatic hydroxyl groups excluding tert-OH is 1. The molecule has 1 unspecified atom stereocenters. The summed E-state index contributed by atoms with van der Waals surface area (Å²) in [5, 5.41) is 13.1. The Morgan fingerprint density at radius 1 is 1.13 bits per heavy atom. The Morgan fingerprint density at radius 3 is 2.39 bits per heavy atom. The molecule has 2 aromatic rings. The lowest BCUT2D eigenvalue weighted by atomic mass is 10.0. The van der Waals surface area contributed by atoms with Crippen molar-refractivity contribution in [3.63, 3.8) is 0 Å². The van der Waals surface area contributed by atoms with E-state index in [1.54, 1.807) is 18.9 Å². The van der Waals surface area contributed by atoms with Crippen LogP contribution in [0.25, 0.3) is 0 Å². The van der Waals surface area contributed by atoms with E-state index in [1.807, 2.05) is 12.3 Å². The summed E-state index contributed by atoms with van der Waals surface area (Å²) >= 11 is 1.67. The highest BCUT2D eigenvalue weighted by Gasteiger charge is 2.10. The molecule has 0 spiro atoms.